The lowest BCUT2D eigenvalue weighted by molar-refractivity contribution is -0.00526. The predicted molar refractivity (Wildman–Crippen MR) is 323 cm³/mol. The third-order valence-electron chi connectivity index (χ3n) is 22.2. The van der Waals surface area contributed by atoms with Crippen LogP contribution in [0.5, 0.6) is 0 Å². The summed E-state index contributed by atoms with van der Waals surface area (Å²) in [6, 6.07) is 64.4. The zero-order valence-corrected chi connectivity index (χ0v) is 44.1. The van der Waals surface area contributed by atoms with Crippen molar-refractivity contribution in [3.8, 4) is 27.9 Å². The molecule has 0 amide bonds. The average Bonchev–Trinajstić information content (AvgIpc) is 4.36. The van der Waals surface area contributed by atoms with E-state index in [9.17, 15) is 0 Å². The van der Waals surface area contributed by atoms with E-state index in [4.69, 9.17) is 4.42 Å². The summed E-state index contributed by atoms with van der Waals surface area (Å²) in [6.45, 7) is -0.113. The Bertz CT molecular complexity index is 4540. The largest absolute Gasteiger partial charge is 0.454 e. The molecule has 0 radical (unpaired) electrons. The van der Waals surface area contributed by atoms with Crippen LogP contribution >= 0.6 is 11.3 Å². The van der Waals surface area contributed by atoms with Crippen molar-refractivity contribution in [2.45, 2.75) is 87.9 Å². The molecule has 12 aromatic rings. The second-order valence-corrected chi connectivity index (χ2v) is 27.5. The standard InChI is InChI=1S/C72H57BN2OS/c1-2-8-46(9-3-1)47-14-17-52(18-15-47)75-67-54(19-20-55-57-28-48-10-4-5-11-49(48)29-64(57)77-70(55)67)58-33-60-53-12-6-7-13-63(53)76-69(60)68-65(58)73(75)61-32-51(72-37-43-25-44(38-72)27-45(26-43)39-72)31-59-56-30-50(16-21-62(56)74(68)66(59)61)71-34-40-22-41(35-71)24-42(23-40)36-71/h1-21,28-33,40-45H,22-27,34-39H2. The van der Waals surface area contributed by atoms with E-state index in [1.807, 2.05) is 11.3 Å². The number of rotatable bonds is 4. The first kappa shape index (κ1) is 42.0. The molecule has 8 aliphatic carbocycles. The SMILES string of the molecule is c1ccc(-c2ccc(N3B4c5c(cc6c(oc7ccccc76)c5-n5c6ccc(C78CC9CC(CC(C9)C7)C8)cc6c6cc(C78CC9CC(CC(C9)C7)C8)cc4c65)-c4ccc5c(sc6cc7ccccc7cc65)c43)cc2)cc1. The first-order valence-electron chi connectivity index (χ1n) is 29.4. The maximum Gasteiger partial charge on any atom is 0.333 e. The van der Waals surface area contributed by atoms with Crippen molar-refractivity contribution >= 4 is 115 Å². The molecule has 5 heterocycles. The van der Waals surface area contributed by atoms with Crippen LogP contribution in [0.3, 0.4) is 0 Å². The van der Waals surface area contributed by atoms with Gasteiger partial charge in [-0.3, -0.25) is 0 Å². The number of anilines is 2. The summed E-state index contributed by atoms with van der Waals surface area (Å²) in [4.78, 5) is 2.84. The smallest absolute Gasteiger partial charge is 0.333 e. The zero-order valence-electron chi connectivity index (χ0n) is 43.3. The predicted octanol–water partition coefficient (Wildman–Crippen LogP) is 18.0. The van der Waals surface area contributed by atoms with E-state index in [1.165, 1.54) is 191 Å². The zero-order chi connectivity index (χ0) is 49.6. The number of hydrogen-bond donors (Lipinski definition) is 0. The Hall–Kier alpha value is -7.08. The van der Waals surface area contributed by atoms with Crippen molar-refractivity contribution in [2.24, 2.45) is 35.5 Å². The molecular formula is C72H57BN2OS. The van der Waals surface area contributed by atoms with Gasteiger partial charge in [0.15, 0.2) is 5.58 Å². The van der Waals surface area contributed by atoms with Crippen LogP contribution < -0.4 is 15.7 Å². The van der Waals surface area contributed by atoms with E-state index in [-0.39, 0.29) is 12.3 Å². The van der Waals surface area contributed by atoms with Gasteiger partial charge in [-0.15, -0.1) is 11.3 Å². The van der Waals surface area contributed by atoms with Crippen LogP contribution in [0.4, 0.5) is 11.4 Å². The molecule has 8 fully saturated rings. The molecule has 0 atom stereocenters. The van der Waals surface area contributed by atoms with Gasteiger partial charge in [-0.2, -0.15) is 0 Å². The number of para-hydroxylation sites is 1. The summed E-state index contributed by atoms with van der Waals surface area (Å²) in [6.07, 6.45) is 16.9. The molecule has 0 unspecified atom stereocenters. The van der Waals surface area contributed by atoms with Crippen molar-refractivity contribution in [2.75, 3.05) is 4.81 Å². The molecule has 77 heavy (non-hydrogen) atoms. The highest BCUT2D eigenvalue weighted by molar-refractivity contribution is 7.26. The van der Waals surface area contributed by atoms with Crippen LogP contribution in [0, 0.1) is 35.5 Å². The monoisotopic (exact) mass is 1010 g/mol. The molecule has 10 aliphatic rings. The summed E-state index contributed by atoms with van der Waals surface area (Å²) < 4.78 is 12.8. The van der Waals surface area contributed by atoms with Crippen molar-refractivity contribution in [3.05, 3.63) is 175 Å². The normalized spacial score (nSPS) is 27.2. The van der Waals surface area contributed by atoms with Crippen LogP contribution in [0.15, 0.2) is 168 Å². The minimum atomic E-state index is -0.113. The van der Waals surface area contributed by atoms with Gasteiger partial charge in [0.1, 0.15) is 5.58 Å². The van der Waals surface area contributed by atoms with Gasteiger partial charge in [-0.05, 0) is 227 Å². The van der Waals surface area contributed by atoms with Crippen LogP contribution in [0.25, 0.3) is 103 Å². The summed E-state index contributed by atoms with van der Waals surface area (Å²) >= 11 is 1.99. The van der Waals surface area contributed by atoms with Gasteiger partial charge in [0.25, 0.3) is 0 Å². The van der Waals surface area contributed by atoms with Gasteiger partial charge < -0.3 is 13.8 Å². The summed E-state index contributed by atoms with van der Waals surface area (Å²) in [5.41, 5.74) is 20.2. The molecule has 0 N–H and O–H groups in total. The molecule has 8 saturated carbocycles. The van der Waals surface area contributed by atoms with E-state index < -0.39 is 0 Å². The second kappa shape index (κ2) is 14.5. The van der Waals surface area contributed by atoms with Crippen LogP contribution in [0.2, 0.25) is 0 Å². The van der Waals surface area contributed by atoms with Gasteiger partial charge in [0.2, 0.25) is 0 Å². The number of nitrogens with zero attached hydrogens (tertiary/aromatic N) is 2. The van der Waals surface area contributed by atoms with Crippen LogP contribution in [0.1, 0.15) is 88.2 Å². The van der Waals surface area contributed by atoms with Gasteiger partial charge in [-0.25, -0.2) is 0 Å². The molecule has 0 saturated heterocycles. The second-order valence-electron chi connectivity index (χ2n) is 26.4. The molecule has 2 aliphatic heterocycles. The minimum absolute atomic E-state index is 0.113. The highest BCUT2D eigenvalue weighted by atomic mass is 32.1. The Kier molecular flexibility index (Phi) is 7.93. The molecule has 370 valence electrons. The first-order chi connectivity index (χ1) is 38.0. The summed E-state index contributed by atoms with van der Waals surface area (Å²) in [5.74, 6) is 5.24. The lowest BCUT2D eigenvalue weighted by Crippen LogP contribution is -2.61. The number of furan rings is 1. The fourth-order valence-electron chi connectivity index (χ4n) is 20.0. The third-order valence-corrected chi connectivity index (χ3v) is 23.4. The molecule has 3 aromatic heterocycles. The average molecular weight is 1010 g/mol. The topological polar surface area (TPSA) is 21.3 Å². The van der Waals surface area contributed by atoms with Gasteiger partial charge in [0, 0.05) is 48.3 Å². The molecule has 22 rings (SSSR count). The number of fused-ring (bicyclic) bond motifs is 16. The van der Waals surface area contributed by atoms with E-state index in [0.717, 1.165) is 46.7 Å². The van der Waals surface area contributed by atoms with Gasteiger partial charge in [-0.1, -0.05) is 109 Å². The van der Waals surface area contributed by atoms with Crippen molar-refractivity contribution in [3.63, 3.8) is 0 Å². The van der Waals surface area contributed by atoms with E-state index >= 15 is 0 Å². The number of aromatic nitrogens is 1. The van der Waals surface area contributed by atoms with Crippen molar-refractivity contribution in [1.82, 2.24) is 4.57 Å². The Morgan fingerprint density at radius 2 is 1.10 bits per heavy atom. The first-order valence-corrected chi connectivity index (χ1v) is 30.2. The van der Waals surface area contributed by atoms with Crippen LogP contribution in [-0.4, -0.2) is 11.4 Å². The maximum absolute atomic E-state index is 7.37. The highest BCUT2D eigenvalue weighted by Gasteiger charge is 2.55. The van der Waals surface area contributed by atoms with Crippen molar-refractivity contribution < 1.29 is 4.42 Å². The number of thiophene rings is 1. The third kappa shape index (κ3) is 5.50. The fraction of sp³-hybridized carbons (Fsp3) is 0.278. The Balaban J connectivity index is 0.937. The molecule has 3 nitrogen and oxygen atoms in total. The van der Waals surface area contributed by atoms with Gasteiger partial charge in [0.05, 0.1) is 27.1 Å². The lowest BCUT2D eigenvalue weighted by Gasteiger charge is -2.57. The highest BCUT2D eigenvalue weighted by Crippen LogP contribution is 2.63. The molecule has 8 bridgehead atoms. The van der Waals surface area contributed by atoms with E-state index in [0.29, 0.717) is 5.41 Å². The van der Waals surface area contributed by atoms with Gasteiger partial charge >= 0.3 is 6.85 Å². The number of benzene rings is 9. The summed E-state index contributed by atoms with van der Waals surface area (Å²) in [5, 5.41) is 10.6. The molecule has 5 heteroatoms. The molecule has 0 spiro atoms. The Morgan fingerprint density at radius 1 is 0.468 bits per heavy atom. The summed E-state index contributed by atoms with van der Waals surface area (Å²) in [7, 11) is 0. The van der Waals surface area contributed by atoms with Crippen LogP contribution in [-0.2, 0) is 10.8 Å². The molecule has 9 aromatic carbocycles. The number of hydrogen-bond acceptors (Lipinski definition) is 3. The minimum Gasteiger partial charge on any atom is -0.454 e. The van der Waals surface area contributed by atoms with E-state index in [2.05, 4.69) is 173 Å². The molecular weight excluding hydrogens is 952 g/mol. The van der Waals surface area contributed by atoms with E-state index in [1.54, 1.807) is 11.1 Å². The Morgan fingerprint density at radius 3 is 1.83 bits per heavy atom. The lowest BCUT2D eigenvalue weighted by atomic mass is 9.42. The Labute approximate surface area is 452 Å². The fourth-order valence-corrected chi connectivity index (χ4v) is 21.3. The quantitative estimate of drug-likeness (QED) is 0.164. The van der Waals surface area contributed by atoms with Crippen molar-refractivity contribution in [1.29, 1.82) is 0 Å². The maximum atomic E-state index is 7.37.